The summed E-state index contributed by atoms with van der Waals surface area (Å²) in [6.07, 6.45) is 3.39. The summed E-state index contributed by atoms with van der Waals surface area (Å²) in [6, 6.07) is 0. The van der Waals surface area contributed by atoms with Crippen LogP contribution < -0.4 is 11.1 Å². The highest BCUT2D eigenvalue weighted by Crippen LogP contribution is 2.23. The van der Waals surface area contributed by atoms with E-state index in [9.17, 15) is 10.2 Å². The van der Waals surface area contributed by atoms with Crippen LogP contribution in [0.2, 0.25) is 0 Å². The second-order valence-corrected chi connectivity index (χ2v) is 4.81. The van der Waals surface area contributed by atoms with Crippen molar-refractivity contribution in [2.75, 3.05) is 17.6 Å². The van der Waals surface area contributed by atoms with Gasteiger partial charge in [-0.15, -0.1) is 0 Å². The van der Waals surface area contributed by atoms with E-state index in [1.54, 1.807) is 6.92 Å². The summed E-state index contributed by atoms with van der Waals surface area (Å²) in [7, 11) is 0. The lowest BCUT2D eigenvalue weighted by molar-refractivity contribution is -0.174. The number of hydrogen-bond acceptors (Lipinski definition) is 8. The Morgan fingerprint density at radius 2 is 2.00 bits per heavy atom. The first kappa shape index (κ1) is 15.3. The molecule has 0 fully saturated rings. The fraction of sp³-hybridized carbons (Fsp3) is 0.538. The van der Waals surface area contributed by atoms with E-state index in [-0.39, 0.29) is 18.1 Å². The molecular formula is C13H20N6O2. The van der Waals surface area contributed by atoms with Gasteiger partial charge in [0.15, 0.2) is 17.0 Å². The van der Waals surface area contributed by atoms with Crippen molar-refractivity contribution >= 4 is 22.9 Å². The zero-order valence-corrected chi connectivity index (χ0v) is 12.2. The van der Waals surface area contributed by atoms with Gasteiger partial charge in [-0.3, -0.25) is 0 Å². The van der Waals surface area contributed by atoms with Crippen LogP contribution in [0.15, 0.2) is 6.20 Å². The lowest BCUT2D eigenvalue weighted by Crippen LogP contribution is -2.25. The zero-order valence-electron chi connectivity index (χ0n) is 12.2. The van der Waals surface area contributed by atoms with Gasteiger partial charge in [0, 0.05) is 13.0 Å². The van der Waals surface area contributed by atoms with E-state index in [2.05, 4.69) is 32.2 Å². The molecule has 8 nitrogen and oxygen atoms in total. The summed E-state index contributed by atoms with van der Waals surface area (Å²) in [6.45, 7) is 4.44. The molecule has 0 atom stereocenters. The number of rotatable bonds is 6. The van der Waals surface area contributed by atoms with Crippen molar-refractivity contribution in [2.45, 2.75) is 38.9 Å². The number of hydrogen-bond donors (Lipinski definition) is 4. The van der Waals surface area contributed by atoms with Crippen LogP contribution >= 0.6 is 0 Å². The van der Waals surface area contributed by atoms with Crippen LogP contribution in [0.3, 0.4) is 0 Å². The van der Waals surface area contributed by atoms with Crippen LogP contribution in [-0.2, 0) is 5.79 Å². The molecule has 114 valence electrons. The summed E-state index contributed by atoms with van der Waals surface area (Å²) in [5.41, 5.74) is 6.40. The molecule has 2 aromatic heterocycles. The molecule has 0 aliphatic heterocycles. The number of nitrogens with one attached hydrogen (secondary N) is 1. The Hall–Kier alpha value is -2.06. The lowest BCUT2D eigenvalue weighted by Gasteiger charge is -2.19. The third-order valence-electron chi connectivity index (χ3n) is 3.15. The number of aromatic nitrogens is 4. The maximum atomic E-state index is 9.88. The third kappa shape index (κ3) is 3.34. The van der Waals surface area contributed by atoms with Crippen molar-refractivity contribution in [3.05, 3.63) is 11.9 Å². The molecule has 0 aliphatic carbocycles. The zero-order chi connectivity index (χ0) is 15.5. The minimum Gasteiger partial charge on any atom is -0.368 e. The van der Waals surface area contributed by atoms with Crippen LogP contribution in [0.25, 0.3) is 11.2 Å². The summed E-state index contributed by atoms with van der Waals surface area (Å²) >= 11 is 0. The summed E-state index contributed by atoms with van der Waals surface area (Å²) in [4.78, 5) is 16.4. The van der Waals surface area contributed by atoms with Crippen molar-refractivity contribution in [1.29, 1.82) is 0 Å². The quantitative estimate of drug-likeness (QED) is 0.453. The predicted molar refractivity (Wildman–Crippen MR) is 79.3 cm³/mol. The van der Waals surface area contributed by atoms with Gasteiger partial charge in [0.1, 0.15) is 5.69 Å². The first-order valence-electron chi connectivity index (χ1n) is 6.97. The summed E-state index contributed by atoms with van der Waals surface area (Å²) in [5, 5.41) is 22.9. The molecule has 0 saturated carbocycles. The number of aliphatic hydroxyl groups is 2. The minimum absolute atomic E-state index is 0.0596. The Kier molecular flexibility index (Phi) is 4.49. The Morgan fingerprint density at radius 1 is 1.24 bits per heavy atom. The van der Waals surface area contributed by atoms with Crippen LogP contribution in [-0.4, -0.2) is 36.7 Å². The Labute approximate surface area is 122 Å². The molecule has 0 saturated heterocycles. The fourth-order valence-electron chi connectivity index (χ4n) is 1.81. The van der Waals surface area contributed by atoms with Crippen LogP contribution in [0.5, 0.6) is 0 Å². The predicted octanol–water partition coefficient (Wildman–Crippen LogP) is 0.761. The topological polar surface area (TPSA) is 130 Å². The van der Waals surface area contributed by atoms with Crippen molar-refractivity contribution in [3.8, 4) is 0 Å². The number of nitrogen functional groups attached to an aromatic ring is 1. The van der Waals surface area contributed by atoms with E-state index in [1.807, 2.05) is 0 Å². The van der Waals surface area contributed by atoms with E-state index in [0.29, 0.717) is 23.5 Å². The molecule has 2 aromatic rings. The van der Waals surface area contributed by atoms with Crippen molar-refractivity contribution in [1.82, 2.24) is 19.9 Å². The second-order valence-electron chi connectivity index (χ2n) is 4.81. The van der Waals surface area contributed by atoms with Gasteiger partial charge in [0.05, 0.1) is 6.20 Å². The molecule has 0 radical (unpaired) electrons. The average Bonchev–Trinajstić information content (AvgIpc) is 2.46. The van der Waals surface area contributed by atoms with Crippen LogP contribution in [0.4, 0.5) is 11.8 Å². The monoisotopic (exact) mass is 292 g/mol. The molecule has 8 heteroatoms. The maximum absolute atomic E-state index is 9.88. The minimum atomic E-state index is -2.02. The highest BCUT2D eigenvalue weighted by atomic mass is 16.5. The molecule has 2 heterocycles. The SMILES string of the molecule is CCCCNc1nc(N)nc2ncc(C(O)(O)CC)nc12. The van der Waals surface area contributed by atoms with E-state index in [0.717, 1.165) is 12.8 Å². The van der Waals surface area contributed by atoms with Gasteiger partial charge in [-0.1, -0.05) is 20.3 Å². The van der Waals surface area contributed by atoms with Gasteiger partial charge in [-0.2, -0.15) is 9.97 Å². The van der Waals surface area contributed by atoms with Crippen molar-refractivity contribution in [3.63, 3.8) is 0 Å². The molecular weight excluding hydrogens is 272 g/mol. The summed E-state index contributed by atoms with van der Waals surface area (Å²) in [5.74, 6) is -1.48. The van der Waals surface area contributed by atoms with Crippen molar-refractivity contribution in [2.24, 2.45) is 0 Å². The molecule has 0 aliphatic rings. The maximum Gasteiger partial charge on any atom is 0.224 e. The van der Waals surface area contributed by atoms with Gasteiger partial charge >= 0.3 is 0 Å². The third-order valence-corrected chi connectivity index (χ3v) is 3.15. The van der Waals surface area contributed by atoms with Gasteiger partial charge in [0.2, 0.25) is 11.7 Å². The molecule has 0 amide bonds. The average molecular weight is 292 g/mol. The van der Waals surface area contributed by atoms with Gasteiger partial charge in [-0.25, -0.2) is 9.97 Å². The number of nitrogens with zero attached hydrogens (tertiary/aromatic N) is 4. The standard InChI is InChI=1S/C13H20N6O2/c1-3-5-6-15-10-9-11(19-12(14)18-10)16-7-8(17-9)13(20,21)4-2/h7,20-21H,3-6H2,1-2H3,(H3,14,15,16,18,19). The summed E-state index contributed by atoms with van der Waals surface area (Å²) < 4.78 is 0. The van der Waals surface area contributed by atoms with E-state index >= 15 is 0 Å². The molecule has 0 spiro atoms. The van der Waals surface area contributed by atoms with Crippen LogP contribution in [0.1, 0.15) is 38.8 Å². The molecule has 5 N–H and O–H groups in total. The molecule has 0 aromatic carbocycles. The molecule has 2 rings (SSSR count). The Bertz CT molecular complexity index is 631. The second kappa shape index (κ2) is 6.15. The number of fused-ring (bicyclic) bond motifs is 1. The van der Waals surface area contributed by atoms with Crippen LogP contribution in [0, 0.1) is 0 Å². The molecule has 0 unspecified atom stereocenters. The Balaban J connectivity index is 2.47. The molecule has 0 bridgehead atoms. The van der Waals surface area contributed by atoms with Gasteiger partial charge < -0.3 is 21.3 Å². The smallest absolute Gasteiger partial charge is 0.224 e. The van der Waals surface area contributed by atoms with Gasteiger partial charge in [0.25, 0.3) is 0 Å². The number of nitrogens with two attached hydrogens (primary N) is 1. The Morgan fingerprint density at radius 3 is 2.67 bits per heavy atom. The van der Waals surface area contributed by atoms with E-state index in [4.69, 9.17) is 5.73 Å². The number of unbranched alkanes of at least 4 members (excludes halogenated alkanes) is 1. The highest BCUT2D eigenvalue weighted by Gasteiger charge is 2.26. The first-order chi connectivity index (χ1) is 9.97. The fourth-order valence-corrected chi connectivity index (χ4v) is 1.81. The van der Waals surface area contributed by atoms with Crippen molar-refractivity contribution < 1.29 is 10.2 Å². The largest absolute Gasteiger partial charge is 0.368 e. The lowest BCUT2D eigenvalue weighted by atomic mass is 10.1. The van der Waals surface area contributed by atoms with E-state index in [1.165, 1.54) is 6.20 Å². The van der Waals surface area contributed by atoms with E-state index < -0.39 is 5.79 Å². The van der Waals surface area contributed by atoms with Gasteiger partial charge in [-0.05, 0) is 6.42 Å². The highest BCUT2D eigenvalue weighted by molar-refractivity contribution is 5.83. The normalized spacial score (nSPS) is 11.8. The molecule has 21 heavy (non-hydrogen) atoms. The number of anilines is 2. The first-order valence-corrected chi connectivity index (χ1v) is 6.97.